The Morgan fingerprint density at radius 2 is 1.87 bits per heavy atom. The van der Waals surface area contributed by atoms with Crippen molar-refractivity contribution in [2.75, 3.05) is 20.2 Å². The van der Waals surface area contributed by atoms with Crippen molar-refractivity contribution in [3.63, 3.8) is 0 Å². The lowest BCUT2D eigenvalue weighted by Crippen LogP contribution is -2.33. The minimum absolute atomic E-state index is 0.541. The molecule has 2 aromatic heterocycles. The predicted molar refractivity (Wildman–Crippen MR) is 125 cm³/mol. The third kappa shape index (κ3) is 5.16. The Labute approximate surface area is 186 Å². The SMILES string of the molecule is CCn1ncc(CN2CCC(c3cc(Cc4cccc(OC)c4)cc(C)n3)CC2)c1C. The number of rotatable bonds is 7. The number of benzene rings is 1. The molecule has 0 atom stereocenters. The van der Waals surface area contributed by atoms with E-state index in [0.29, 0.717) is 5.92 Å². The average molecular weight is 419 g/mol. The topological polar surface area (TPSA) is 43.2 Å². The fourth-order valence-electron chi connectivity index (χ4n) is 4.68. The van der Waals surface area contributed by atoms with Crippen molar-refractivity contribution in [1.82, 2.24) is 19.7 Å². The van der Waals surface area contributed by atoms with E-state index in [1.807, 2.05) is 12.3 Å². The van der Waals surface area contributed by atoms with Gasteiger partial charge in [-0.05, 0) is 88.5 Å². The summed E-state index contributed by atoms with van der Waals surface area (Å²) < 4.78 is 7.47. The molecule has 0 radical (unpaired) electrons. The summed E-state index contributed by atoms with van der Waals surface area (Å²) in [6.45, 7) is 10.6. The maximum atomic E-state index is 5.38. The number of nitrogens with zero attached hydrogens (tertiary/aromatic N) is 4. The van der Waals surface area contributed by atoms with Crippen LogP contribution in [0.15, 0.2) is 42.6 Å². The van der Waals surface area contributed by atoms with Gasteiger partial charge < -0.3 is 4.74 Å². The summed E-state index contributed by atoms with van der Waals surface area (Å²) in [6.07, 6.45) is 5.27. The fourth-order valence-corrected chi connectivity index (χ4v) is 4.68. The molecule has 0 saturated carbocycles. The van der Waals surface area contributed by atoms with Gasteiger partial charge >= 0.3 is 0 Å². The van der Waals surface area contributed by atoms with E-state index in [1.54, 1.807) is 7.11 Å². The smallest absolute Gasteiger partial charge is 0.119 e. The standard InChI is InChI=1S/C26H34N4O/c1-5-30-20(3)24(17-27-30)18-29-11-9-23(10-12-29)26-16-22(13-19(2)28-26)14-21-7-6-8-25(15-21)31-4/h6-8,13,15-17,23H,5,9-12,14,18H2,1-4H3. The van der Waals surface area contributed by atoms with Gasteiger partial charge in [-0.25, -0.2) is 0 Å². The van der Waals surface area contributed by atoms with Crippen molar-refractivity contribution >= 4 is 0 Å². The Morgan fingerprint density at radius 1 is 1.06 bits per heavy atom. The van der Waals surface area contributed by atoms with E-state index in [2.05, 4.69) is 65.8 Å². The quantitative estimate of drug-likeness (QED) is 0.548. The van der Waals surface area contributed by atoms with E-state index >= 15 is 0 Å². The van der Waals surface area contributed by atoms with Crippen molar-refractivity contribution < 1.29 is 4.74 Å². The molecule has 1 aliphatic heterocycles. The van der Waals surface area contributed by atoms with Crippen LogP contribution in [0.3, 0.4) is 0 Å². The van der Waals surface area contributed by atoms with Crippen LogP contribution in [0.25, 0.3) is 0 Å². The summed E-state index contributed by atoms with van der Waals surface area (Å²) in [6, 6.07) is 12.9. The highest BCUT2D eigenvalue weighted by Crippen LogP contribution is 2.29. The van der Waals surface area contributed by atoms with Crippen molar-refractivity contribution in [3.8, 4) is 5.75 Å². The third-order valence-electron chi connectivity index (χ3n) is 6.48. The van der Waals surface area contributed by atoms with Gasteiger partial charge in [0.2, 0.25) is 0 Å². The molecule has 3 aromatic rings. The molecule has 0 bridgehead atoms. The van der Waals surface area contributed by atoms with Gasteiger partial charge in [-0.2, -0.15) is 5.10 Å². The van der Waals surface area contributed by atoms with Gasteiger partial charge in [0.15, 0.2) is 0 Å². The average Bonchev–Trinajstić information content (AvgIpc) is 3.13. The molecule has 5 nitrogen and oxygen atoms in total. The lowest BCUT2D eigenvalue weighted by Gasteiger charge is -2.32. The largest absolute Gasteiger partial charge is 0.497 e. The van der Waals surface area contributed by atoms with Crippen molar-refractivity contribution in [2.45, 2.75) is 59.0 Å². The number of hydrogen-bond acceptors (Lipinski definition) is 4. The summed E-state index contributed by atoms with van der Waals surface area (Å²) in [4.78, 5) is 7.48. The summed E-state index contributed by atoms with van der Waals surface area (Å²) in [5.41, 5.74) is 7.63. The zero-order chi connectivity index (χ0) is 21.8. The normalized spacial score (nSPS) is 15.4. The Hall–Kier alpha value is -2.66. The second-order valence-electron chi connectivity index (χ2n) is 8.69. The van der Waals surface area contributed by atoms with E-state index in [1.165, 1.54) is 28.1 Å². The molecule has 31 heavy (non-hydrogen) atoms. The zero-order valence-electron chi connectivity index (χ0n) is 19.3. The fraction of sp³-hybridized carbons (Fsp3) is 0.462. The number of methoxy groups -OCH3 is 1. The van der Waals surface area contributed by atoms with Crippen molar-refractivity contribution in [2.24, 2.45) is 0 Å². The van der Waals surface area contributed by atoms with Gasteiger partial charge in [0.25, 0.3) is 0 Å². The first-order valence-electron chi connectivity index (χ1n) is 11.4. The number of ether oxygens (including phenoxy) is 1. The molecule has 0 N–H and O–H groups in total. The van der Waals surface area contributed by atoms with Crippen LogP contribution in [0.5, 0.6) is 5.75 Å². The van der Waals surface area contributed by atoms with Crippen molar-refractivity contribution in [1.29, 1.82) is 0 Å². The first-order valence-corrected chi connectivity index (χ1v) is 11.4. The van der Waals surface area contributed by atoms with Crippen LogP contribution in [0.1, 0.15) is 59.5 Å². The first kappa shape index (κ1) is 21.6. The number of likely N-dealkylation sites (tertiary alicyclic amines) is 1. The molecular formula is C26H34N4O. The second kappa shape index (κ2) is 9.65. The summed E-state index contributed by atoms with van der Waals surface area (Å²) in [5.74, 6) is 1.45. The van der Waals surface area contributed by atoms with Gasteiger partial charge in [0, 0.05) is 41.7 Å². The lowest BCUT2D eigenvalue weighted by molar-refractivity contribution is 0.203. The van der Waals surface area contributed by atoms with Gasteiger partial charge in [0.1, 0.15) is 5.75 Å². The zero-order valence-corrected chi connectivity index (χ0v) is 19.3. The Morgan fingerprint density at radius 3 is 2.58 bits per heavy atom. The molecule has 1 fully saturated rings. The van der Waals surface area contributed by atoms with E-state index in [9.17, 15) is 0 Å². The maximum absolute atomic E-state index is 5.38. The highest BCUT2D eigenvalue weighted by molar-refractivity contribution is 5.34. The van der Waals surface area contributed by atoms with Crippen LogP contribution in [-0.4, -0.2) is 39.9 Å². The minimum Gasteiger partial charge on any atom is -0.497 e. The molecule has 164 valence electrons. The summed E-state index contributed by atoms with van der Waals surface area (Å²) >= 11 is 0. The van der Waals surface area contributed by atoms with Crippen molar-refractivity contribution in [3.05, 3.63) is 76.4 Å². The summed E-state index contributed by atoms with van der Waals surface area (Å²) in [5, 5.41) is 4.50. The number of piperidine rings is 1. The molecule has 4 rings (SSSR count). The Kier molecular flexibility index (Phi) is 6.71. The number of aryl methyl sites for hydroxylation is 2. The predicted octanol–water partition coefficient (Wildman–Crippen LogP) is 4.89. The number of hydrogen-bond donors (Lipinski definition) is 0. The Balaban J connectivity index is 1.40. The van der Waals surface area contributed by atoms with E-state index in [0.717, 1.165) is 56.9 Å². The lowest BCUT2D eigenvalue weighted by atomic mass is 9.91. The molecule has 0 spiro atoms. The molecule has 1 aliphatic rings. The molecule has 5 heteroatoms. The molecule has 1 saturated heterocycles. The Bertz CT molecular complexity index is 1020. The highest BCUT2D eigenvalue weighted by Gasteiger charge is 2.23. The molecule has 1 aromatic carbocycles. The first-order chi connectivity index (χ1) is 15.1. The van der Waals surface area contributed by atoms with Crippen LogP contribution < -0.4 is 4.74 Å². The van der Waals surface area contributed by atoms with Crippen LogP contribution in [0.2, 0.25) is 0 Å². The van der Waals surface area contributed by atoms with E-state index < -0.39 is 0 Å². The van der Waals surface area contributed by atoms with Gasteiger partial charge in [-0.1, -0.05) is 12.1 Å². The monoisotopic (exact) mass is 418 g/mol. The molecular weight excluding hydrogens is 384 g/mol. The van der Waals surface area contributed by atoms with Gasteiger partial charge in [0.05, 0.1) is 13.3 Å². The molecule has 3 heterocycles. The second-order valence-corrected chi connectivity index (χ2v) is 8.69. The van der Waals surface area contributed by atoms with E-state index in [-0.39, 0.29) is 0 Å². The van der Waals surface area contributed by atoms with Gasteiger partial charge in [-0.3, -0.25) is 14.6 Å². The van der Waals surface area contributed by atoms with E-state index in [4.69, 9.17) is 9.72 Å². The van der Waals surface area contributed by atoms with Crippen LogP contribution in [-0.2, 0) is 19.5 Å². The minimum atomic E-state index is 0.541. The third-order valence-corrected chi connectivity index (χ3v) is 6.48. The number of aromatic nitrogens is 3. The van der Waals surface area contributed by atoms with Crippen LogP contribution >= 0.6 is 0 Å². The maximum Gasteiger partial charge on any atom is 0.119 e. The van der Waals surface area contributed by atoms with Crippen LogP contribution in [0.4, 0.5) is 0 Å². The number of pyridine rings is 1. The van der Waals surface area contributed by atoms with Crippen LogP contribution in [0, 0.1) is 13.8 Å². The van der Waals surface area contributed by atoms with Gasteiger partial charge in [-0.15, -0.1) is 0 Å². The molecule has 0 amide bonds. The summed E-state index contributed by atoms with van der Waals surface area (Å²) in [7, 11) is 1.72. The molecule has 0 unspecified atom stereocenters. The highest BCUT2D eigenvalue weighted by atomic mass is 16.5. The molecule has 0 aliphatic carbocycles.